The molecular formula is C8H13NOS. The molecule has 0 radical (unpaired) electrons. The average molecular weight is 171 g/mol. The molecule has 0 aliphatic carbocycles. The lowest BCUT2D eigenvalue weighted by molar-refractivity contribution is 0.416. The summed E-state index contributed by atoms with van der Waals surface area (Å²) in [5.74, 6) is 0.911. The minimum absolute atomic E-state index is 0.170. The number of hydrogen-bond acceptors (Lipinski definition) is 3. The molecule has 0 fully saturated rings. The number of ether oxygens (including phenoxy) is 1. The molecule has 1 rings (SSSR count). The van der Waals surface area contributed by atoms with Crippen LogP contribution in [-0.2, 0) is 0 Å². The third-order valence-electron chi connectivity index (χ3n) is 1.64. The van der Waals surface area contributed by atoms with Gasteiger partial charge in [0.25, 0.3) is 0 Å². The molecule has 0 bridgehead atoms. The number of nitrogens with two attached hydrogens (primary N) is 1. The van der Waals surface area contributed by atoms with Gasteiger partial charge in [0, 0.05) is 16.3 Å². The van der Waals surface area contributed by atoms with E-state index in [1.54, 1.807) is 18.4 Å². The van der Waals surface area contributed by atoms with E-state index in [9.17, 15) is 0 Å². The van der Waals surface area contributed by atoms with Gasteiger partial charge >= 0.3 is 0 Å². The van der Waals surface area contributed by atoms with Crippen LogP contribution in [0, 0.1) is 0 Å². The Hall–Kier alpha value is -0.540. The summed E-state index contributed by atoms with van der Waals surface area (Å²) >= 11 is 1.66. The quantitative estimate of drug-likeness (QED) is 0.756. The maximum atomic E-state index is 5.82. The Balaban J connectivity index is 2.71. The van der Waals surface area contributed by atoms with Crippen LogP contribution in [0.3, 0.4) is 0 Å². The molecule has 0 unspecified atom stereocenters. The van der Waals surface area contributed by atoms with Crippen molar-refractivity contribution >= 4 is 11.3 Å². The second kappa shape index (κ2) is 3.74. The largest absolute Gasteiger partial charge is 0.496 e. The van der Waals surface area contributed by atoms with Gasteiger partial charge < -0.3 is 10.5 Å². The lowest BCUT2D eigenvalue weighted by atomic mass is 10.2. The first kappa shape index (κ1) is 8.56. The van der Waals surface area contributed by atoms with Gasteiger partial charge in [0.05, 0.1) is 7.11 Å². The van der Waals surface area contributed by atoms with Crippen molar-refractivity contribution in [2.75, 3.05) is 7.11 Å². The third kappa shape index (κ3) is 1.94. The molecule has 0 aromatic carbocycles. The Morgan fingerprint density at radius 1 is 1.73 bits per heavy atom. The van der Waals surface area contributed by atoms with Crippen LogP contribution >= 0.6 is 11.3 Å². The van der Waals surface area contributed by atoms with Crippen molar-refractivity contribution in [2.45, 2.75) is 19.4 Å². The Morgan fingerprint density at radius 2 is 2.45 bits per heavy atom. The molecule has 0 saturated carbocycles. The second-order valence-electron chi connectivity index (χ2n) is 2.40. The summed E-state index contributed by atoms with van der Waals surface area (Å²) < 4.78 is 5.04. The van der Waals surface area contributed by atoms with Crippen LogP contribution < -0.4 is 10.5 Å². The Kier molecular flexibility index (Phi) is 2.91. The summed E-state index contributed by atoms with van der Waals surface area (Å²) in [6.45, 7) is 2.08. The molecule has 3 heteroatoms. The SMILES string of the molecule is CC[C@@H](N)c1cc(OC)cs1. The highest BCUT2D eigenvalue weighted by Gasteiger charge is 2.05. The van der Waals surface area contributed by atoms with E-state index in [0.717, 1.165) is 12.2 Å². The monoisotopic (exact) mass is 171 g/mol. The fraction of sp³-hybridized carbons (Fsp3) is 0.500. The van der Waals surface area contributed by atoms with Crippen molar-refractivity contribution in [2.24, 2.45) is 5.73 Å². The van der Waals surface area contributed by atoms with E-state index < -0.39 is 0 Å². The maximum absolute atomic E-state index is 5.82. The Labute approximate surface area is 71.0 Å². The maximum Gasteiger partial charge on any atom is 0.129 e. The highest BCUT2D eigenvalue weighted by atomic mass is 32.1. The van der Waals surface area contributed by atoms with Crippen molar-refractivity contribution in [3.63, 3.8) is 0 Å². The lowest BCUT2D eigenvalue weighted by Crippen LogP contribution is -2.05. The van der Waals surface area contributed by atoms with E-state index in [2.05, 4.69) is 6.92 Å². The molecule has 62 valence electrons. The summed E-state index contributed by atoms with van der Waals surface area (Å²) in [7, 11) is 1.67. The van der Waals surface area contributed by atoms with Crippen LogP contribution in [0.2, 0.25) is 0 Å². The van der Waals surface area contributed by atoms with E-state index in [1.807, 2.05) is 11.4 Å². The van der Waals surface area contributed by atoms with Gasteiger partial charge in [0.2, 0.25) is 0 Å². The fourth-order valence-corrected chi connectivity index (χ4v) is 1.78. The molecule has 2 N–H and O–H groups in total. The molecule has 11 heavy (non-hydrogen) atoms. The third-order valence-corrected chi connectivity index (χ3v) is 2.68. The zero-order valence-corrected chi connectivity index (χ0v) is 7.65. The molecular weight excluding hydrogens is 158 g/mol. The topological polar surface area (TPSA) is 35.2 Å². The predicted octanol–water partition coefficient (Wildman–Crippen LogP) is 2.17. The summed E-state index contributed by atoms with van der Waals surface area (Å²) in [6, 6.07) is 2.17. The van der Waals surface area contributed by atoms with E-state index in [4.69, 9.17) is 10.5 Å². The first-order valence-corrected chi connectivity index (χ1v) is 4.54. The van der Waals surface area contributed by atoms with Crippen molar-refractivity contribution in [1.82, 2.24) is 0 Å². The smallest absolute Gasteiger partial charge is 0.129 e. The normalized spacial score (nSPS) is 13.0. The van der Waals surface area contributed by atoms with Crippen LogP contribution in [0.1, 0.15) is 24.3 Å². The van der Waals surface area contributed by atoms with Gasteiger partial charge in [-0.1, -0.05) is 6.92 Å². The first-order valence-electron chi connectivity index (χ1n) is 3.66. The summed E-state index contributed by atoms with van der Waals surface area (Å²) in [5.41, 5.74) is 5.82. The van der Waals surface area contributed by atoms with Gasteiger partial charge in [-0.25, -0.2) is 0 Å². The molecule has 1 atom stereocenters. The zero-order chi connectivity index (χ0) is 8.27. The molecule has 2 nitrogen and oxygen atoms in total. The number of methoxy groups -OCH3 is 1. The number of hydrogen-bond donors (Lipinski definition) is 1. The van der Waals surface area contributed by atoms with Crippen molar-refractivity contribution in [3.8, 4) is 5.75 Å². The Bertz CT molecular complexity index is 222. The minimum atomic E-state index is 0.170. The number of thiophene rings is 1. The van der Waals surface area contributed by atoms with Crippen LogP contribution in [0.15, 0.2) is 11.4 Å². The predicted molar refractivity (Wildman–Crippen MR) is 48.1 cm³/mol. The molecule has 0 amide bonds. The average Bonchev–Trinajstić information content (AvgIpc) is 2.50. The van der Waals surface area contributed by atoms with Crippen LogP contribution in [0.25, 0.3) is 0 Å². The van der Waals surface area contributed by atoms with Crippen molar-refractivity contribution in [3.05, 3.63) is 16.3 Å². The van der Waals surface area contributed by atoms with Gasteiger partial charge in [-0.3, -0.25) is 0 Å². The van der Waals surface area contributed by atoms with E-state index in [-0.39, 0.29) is 6.04 Å². The Morgan fingerprint density at radius 3 is 2.91 bits per heavy atom. The standard InChI is InChI=1S/C8H13NOS/c1-3-7(9)8-4-6(10-2)5-11-8/h4-5,7H,3,9H2,1-2H3/t7-/m1/s1. The van der Waals surface area contributed by atoms with E-state index >= 15 is 0 Å². The minimum Gasteiger partial charge on any atom is -0.496 e. The summed E-state index contributed by atoms with van der Waals surface area (Å²) in [4.78, 5) is 1.20. The molecule has 1 aromatic rings. The van der Waals surface area contributed by atoms with Crippen LogP contribution in [-0.4, -0.2) is 7.11 Å². The number of rotatable bonds is 3. The molecule has 1 heterocycles. The fourth-order valence-electron chi connectivity index (χ4n) is 0.837. The molecule has 1 aromatic heterocycles. The zero-order valence-electron chi connectivity index (χ0n) is 6.83. The van der Waals surface area contributed by atoms with Gasteiger partial charge in [-0.2, -0.15) is 0 Å². The van der Waals surface area contributed by atoms with Gasteiger partial charge in [-0.05, 0) is 12.5 Å². The van der Waals surface area contributed by atoms with Gasteiger partial charge in [0.15, 0.2) is 0 Å². The highest BCUT2D eigenvalue weighted by molar-refractivity contribution is 7.10. The van der Waals surface area contributed by atoms with Gasteiger partial charge in [0.1, 0.15) is 5.75 Å². The summed E-state index contributed by atoms with van der Waals surface area (Å²) in [5, 5.41) is 1.98. The van der Waals surface area contributed by atoms with Crippen LogP contribution in [0.5, 0.6) is 5.75 Å². The van der Waals surface area contributed by atoms with Crippen molar-refractivity contribution in [1.29, 1.82) is 0 Å². The van der Waals surface area contributed by atoms with E-state index in [1.165, 1.54) is 4.88 Å². The van der Waals surface area contributed by atoms with Crippen molar-refractivity contribution < 1.29 is 4.74 Å². The molecule has 0 aliphatic heterocycles. The van der Waals surface area contributed by atoms with E-state index in [0.29, 0.717) is 0 Å². The molecule has 0 spiro atoms. The molecule has 0 aliphatic rings. The lowest BCUT2D eigenvalue weighted by Gasteiger charge is -2.03. The highest BCUT2D eigenvalue weighted by Crippen LogP contribution is 2.26. The second-order valence-corrected chi connectivity index (χ2v) is 3.35. The first-order chi connectivity index (χ1) is 5.27. The van der Waals surface area contributed by atoms with Crippen LogP contribution in [0.4, 0.5) is 0 Å². The van der Waals surface area contributed by atoms with Gasteiger partial charge in [-0.15, -0.1) is 11.3 Å². The summed E-state index contributed by atoms with van der Waals surface area (Å²) in [6.07, 6.45) is 0.976. The molecule has 0 saturated heterocycles.